The van der Waals surface area contributed by atoms with Gasteiger partial charge in [-0.15, -0.1) is 5.10 Å². The standard InChI is InChI=1S/C16H14FN5O/c1-16(10-4-2-3-5-11(10)17)8-22(9-16)15(23)13-7-6-12-14(18-13)20-21-19-12/h2-7H,8-9H2,1H3,(H,18,19,20,21). The van der Waals surface area contributed by atoms with Gasteiger partial charge in [0.1, 0.15) is 17.0 Å². The lowest BCUT2D eigenvalue weighted by atomic mass is 9.75. The molecule has 1 aliphatic rings. The van der Waals surface area contributed by atoms with E-state index in [1.807, 2.05) is 13.0 Å². The summed E-state index contributed by atoms with van der Waals surface area (Å²) in [5, 5.41) is 10.3. The zero-order chi connectivity index (χ0) is 16.0. The molecule has 0 saturated carbocycles. The average molecular weight is 311 g/mol. The number of nitrogens with one attached hydrogen (secondary N) is 1. The Kier molecular flexibility index (Phi) is 2.90. The molecule has 116 valence electrons. The molecule has 1 fully saturated rings. The van der Waals surface area contributed by atoms with Crippen LogP contribution in [0, 0.1) is 5.82 Å². The van der Waals surface area contributed by atoms with E-state index in [1.165, 1.54) is 6.07 Å². The molecule has 1 aromatic carbocycles. The number of likely N-dealkylation sites (tertiary alicyclic amines) is 1. The van der Waals surface area contributed by atoms with Crippen LogP contribution in [-0.4, -0.2) is 44.3 Å². The van der Waals surface area contributed by atoms with Gasteiger partial charge in [0.25, 0.3) is 5.91 Å². The molecule has 6 nitrogen and oxygen atoms in total. The number of hydrogen-bond donors (Lipinski definition) is 1. The topological polar surface area (TPSA) is 74.8 Å². The largest absolute Gasteiger partial charge is 0.335 e. The third-order valence-corrected chi connectivity index (χ3v) is 4.29. The predicted molar refractivity (Wildman–Crippen MR) is 81.3 cm³/mol. The summed E-state index contributed by atoms with van der Waals surface area (Å²) in [5.74, 6) is -0.409. The van der Waals surface area contributed by atoms with Gasteiger partial charge in [-0.05, 0) is 23.8 Å². The molecule has 1 aliphatic heterocycles. The molecule has 3 heterocycles. The number of fused-ring (bicyclic) bond motifs is 1. The molecule has 1 amide bonds. The van der Waals surface area contributed by atoms with Crippen LogP contribution in [0.2, 0.25) is 0 Å². The Morgan fingerprint density at radius 3 is 2.78 bits per heavy atom. The average Bonchev–Trinajstić information content (AvgIpc) is 2.99. The second kappa shape index (κ2) is 4.84. The van der Waals surface area contributed by atoms with Crippen LogP contribution in [0.1, 0.15) is 23.0 Å². The van der Waals surface area contributed by atoms with Crippen LogP contribution in [0.15, 0.2) is 36.4 Å². The SMILES string of the molecule is CC1(c2ccccc2F)CN(C(=O)c2ccc3n[nH]nc3n2)C1. The van der Waals surface area contributed by atoms with E-state index >= 15 is 0 Å². The number of amides is 1. The van der Waals surface area contributed by atoms with Gasteiger partial charge in [0.2, 0.25) is 5.65 Å². The van der Waals surface area contributed by atoms with Crippen LogP contribution in [-0.2, 0) is 5.41 Å². The van der Waals surface area contributed by atoms with E-state index in [1.54, 1.807) is 29.2 Å². The molecule has 0 spiro atoms. The third-order valence-electron chi connectivity index (χ3n) is 4.29. The second-order valence-corrected chi connectivity index (χ2v) is 6.06. The first-order valence-electron chi connectivity index (χ1n) is 7.29. The van der Waals surface area contributed by atoms with Crippen molar-refractivity contribution in [2.45, 2.75) is 12.3 Å². The van der Waals surface area contributed by atoms with Gasteiger partial charge in [0.15, 0.2) is 0 Å². The molecule has 1 N–H and O–H groups in total. The van der Waals surface area contributed by atoms with Gasteiger partial charge < -0.3 is 4.90 Å². The van der Waals surface area contributed by atoms with Crippen molar-refractivity contribution in [1.82, 2.24) is 25.3 Å². The lowest BCUT2D eigenvalue weighted by molar-refractivity contribution is 0.0419. The number of benzene rings is 1. The van der Waals surface area contributed by atoms with Gasteiger partial charge in [0, 0.05) is 18.5 Å². The van der Waals surface area contributed by atoms with E-state index in [0.717, 1.165) is 0 Å². The summed E-state index contributed by atoms with van der Waals surface area (Å²) in [7, 11) is 0. The highest BCUT2D eigenvalue weighted by Crippen LogP contribution is 2.36. The van der Waals surface area contributed by atoms with Crippen LogP contribution in [0.25, 0.3) is 11.2 Å². The van der Waals surface area contributed by atoms with Crippen LogP contribution in [0.4, 0.5) is 4.39 Å². The van der Waals surface area contributed by atoms with Gasteiger partial charge in [-0.2, -0.15) is 10.3 Å². The number of H-pyrrole nitrogens is 1. The van der Waals surface area contributed by atoms with E-state index in [2.05, 4.69) is 20.4 Å². The van der Waals surface area contributed by atoms with Gasteiger partial charge in [0.05, 0.1) is 0 Å². The number of nitrogens with zero attached hydrogens (tertiary/aromatic N) is 4. The van der Waals surface area contributed by atoms with Crippen molar-refractivity contribution >= 4 is 17.1 Å². The molecule has 0 atom stereocenters. The molecule has 23 heavy (non-hydrogen) atoms. The van der Waals surface area contributed by atoms with Crippen LogP contribution in [0.3, 0.4) is 0 Å². The number of aromatic nitrogens is 4. The van der Waals surface area contributed by atoms with E-state index in [4.69, 9.17) is 0 Å². The van der Waals surface area contributed by atoms with E-state index < -0.39 is 0 Å². The zero-order valence-electron chi connectivity index (χ0n) is 12.5. The molecule has 7 heteroatoms. The Balaban J connectivity index is 1.55. The van der Waals surface area contributed by atoms with Gasteiger partial charge >= 0.3 is 0 Å². The molecule has 0 unspecified atom stereocenters. The normalized spacial score (nSPS) is 16.3. The second-order valence-electron chi connectivity index (χ2n) is 6.06. The zero-order valence-corrected chi connectivity index (χ0v) is 12.5. The van der Waals surface area contributed by atoms with E-state index in [0.29, 0.717) is 35.5 Å². The summed E-state index contributed by atoms with van der Waals surface area (Å²) in [6, 6.07) is 10.0. The lowest BCUT2D eigenvalue weighted by Crippen LogP contribution is -2.60. The van der Waals surface area contributed by atoms with Crippen molar-refractivity contribution in [3.63, 3.8) is 0 Å². The van der Waals surface area contributed by atoms with E-state index in [-0.39, 0.29) is 17.1 Å². The number of aromatic amines is 1. The number of pyridine rings is 1. The number of carbonyl (C=O) groups excluding carboxylic acids is 1. The third kappa shape index (κ3) is 2.16. The number of hydrogen-bond acceptors (Lipinski definition) is 4. The summed E-state index contributed by atoms with van der Waals surface area (Å²) in [6.45, 7) is 2.89. The molecule has 4 rings (SSSR count). The van der Waals surface area contributed by atoms with Crippen molar-refractivity contribution in [2.75, 3.05) is 13.1 Å². The fourth-order valence-electron chi connectivity index (χ4n) is 3.08. The van der Waals surface area contributed by atoms with Crippen molar-refractivity contribution in [3.8, 4) is 0 Å². The van der Waals surface area contributed by atoms with Gasteiger partial charge in [-0.1, -0.05) is 25.1 Å². The minimum absolute atomic E-state index is 0.177. The summed E-state index contributed by atoms with van der Waals surface area (Å²) in [5.41, 5.74) is 1.62. The first kappa shape index (κ1) is 13.8. The highest BCUT2D eigenvalue weighted by Gasteiger charge is 2.44. The van der Waals surface area contributed by atoms with Crippen LogP contribution in [0.5, 0.6) is 0 Å². The monoisotopic (exact) mass is 311 g/mol. The maximum Gasteiger partial charge on any atom is 0.272 e. The number of carbonyl (C=O) groups is 1. The van der Waals surface area contributed by atoms with Crippen molar-refractivity contribution in [3.05, 3.63) is 53.5 Å². The van der Waals surface area contributed by atoms with Crippen LogP contribution >= 0.6 is 0 Å². The van der Waals surface area contributed by atoms with Gasteiger partial charge in [-0.3, -0.25) is 4.79 Å². The highest BCUT2D eigenvalue weighted by molar-refractivity contribution is 5.94. The molecule has 0 bridgehead atoms. The minimum atomic E-state index is -0.362. The van der Waals surface area contributed by atoms with Crippen molar-refractivity contribution in [1.29, 1.82) is 0 Å². The molecule has 2 aromatic heterocycles. The first-order chi connectivity index (χ1) is 11.1. The molecular weight excluding hydrogens is 297 g/mol. The van der Waals surface area contributed by atoms with Crippen molar-refractivity contribution < 1.29 is 9.18 Å². The number of rotatable bonds is 2. The fourth-order valence-corrected chi connectivity index (χ4v) is 3.08. The van der Waals surface area contributed by atoms with E-state index in [9.17, 15) is 9.18 Å². The lowest BCUT2D eigenvalue weighted by Gasteiger charge is -2.48. The maximum absolute atomic E-state index is 14.0. The summed E-state index contributed by atoms with van der Waals surface area (Å²) < 4.78 is 14.0. The summed E-state index contributed by atoms with van der Waals surface area (Å²) in [6.07, 6.45) is 0. The summed E-state index contributed by atoms with van der Waals surface area (Å²) in [4.78, 5) is 18.4. The Morgan fingerprint density at radius 1 is 1.22 bits per heavy atom. The Morgan fingerprint density at radius 2 is 2.00 bits per heavy atom. The highest BCUT2D eigenvalue weighted by atomic mass is 19.1. The molecule has 0 aliphatic carbocycles. The Labute approximate surface area is 131 Å². The Hall–Kier alpha value is -2.83. The molecule has 0 radical (unpaired) electrons. The first-order valence-corrected chi connectivity index (χ1v) is 7.29. The Bertz CT molecular complexity index is 900. The number of halogens is 1. The molecule has 1 saturated heterocycles. The smallest absolute Gasteiger partial charge is 0.272 e. The minimum Gasteiger partial charge on any atom is -0.335 e. The van der Waals surface area contributed by atoms with Crippen molar-refractivity contribution in [2.24, 2.45) is 0 Å². The molecular formula is C16H14FN5O. The van der Waals surface area contributed by atoms with Gasteiger partial charge in [-0.25, -0.2) is 9.37 Å². The maximum atomic E-state index is 14.0. The van der Waals surface area contributed by atoms with Crippen LogP contribution < -0.4 is 0 Å². The summed E-state index contributed by atoms with van der Waals surface area (Å²) >= 11 is 0. The predicted octanol–water partition coefficient (Wildman–Crippen LogP) is 1.91. The quantitative estimate of drug-likeness (QED) is 0.784. The molecule has 3 aromatic rings. The fraction of sp³-hybridized carbons (Fsp3) is 0.250.